The second-order valence-electron chi connectivity index (χ2n) is 4.53. The molecule has 0 unspecified atom stereocenters. The molecule has 1 aromatic rings. The molecular formula is C14H19N3. The molecule has 90 valence electrons. The molecule has 1 N–H and O–H groups in total. The normalized spacial score (nSPS) is 17.4. The highest BCUT2D eigenvalue weighted by Crippen LogP contribution is 2.09. The first-order valence-electron chi connectivity index (χ1n) is 6.26. The Bertz CT molecular complexity index is 369. The molecule has 3 heteroatoms. The average Bonchev–Trinajstić information content (AvgIpc) is 2.61. The summed E-state index contributed by atoms with van der Waals surface area (Å²) in [6.45, 7) is 5.55. The molecule has 0 spiro atoms. The number of nitrogens with zero attached hydrogens (tertiary/aromatic N) is 2. The van der Waals surface area contributed by atoms with Crippen LogP contribution in [-0.4, -0.2) is 31.1 Å². The van der Waals surface area contributed by atoms with Crippen molar-refractivity contribution in [1.29, 1.82) is 5.26 Å². The van der Waals surface area contributed by atoms with Crippen molar-refractivity contribution in [2.24, 2.45) is 0 Å². The van der Waals surface area contributed by atoms with E-state index < -0.39 is 0 Å². The van der Waals surface area contributed by atoms with Crippen LogP contribution in [0.15, 0.2) is 24.3 Å². The zero-order valence-corrected chi connectivity index (χ0v) is 10.2. The van der Waals surface area contributed by atoms with Crippen molar-refractivity contribution in [3.8, 4) is 6.07 Å². The maximum atomic E-state index is 8.62. The van der Waals surface area contributed by atoms with Gasteiger partial charge in [-0.3, -0.25) is 4.90 Å². The van der Waals surface area contributed by atoms with Crippen LogP contribution in [0.1, 0.15) is 17.5 Å². The number of rotatable bonds is 3. The second kappa shape index (κ2) is 6.39. The molecule has 17 heavy (non-hydrogen) atoms. The van der Waals surface area contributed by atoms with E-state index in [0.717, 1.165) is 31.7 Å². The van der Waals surface area contributed by atoms with Crippen LogP contribution in [0.25, 0.3) is 0 Å². The van der Waals surface area contributed by atoms with E-state index in [0.29, 0.717) is 6.42 Å². The van der Waals surface area contributed by atoms with E-state index in [2.05, 4.69) is 40.6 Å². The first-order valence-corrected chi connectivity index (χ1v) is 6.26. The minimum atomic E-state index is 0.508. The van der Waals surface area contributed by atoms with Crippen LogP contribution < -0.4 is 5.32 Å². The van der Waals surface area contributed by atoms with E-state index in [1.165, 1.54) is 18.5 Å². The van der Waals surface area contributed by atoms with Crippen molar-refractivity contribution in [3.63, 3.8) is 0 Å². The van der Waals surface area contributed by atoms with Gasteiger partial charge in [0.1, 0.15) is 0 Å². The number of hydrogen-bond acceptors (Lipinski definition) is 3. The van der Waals surface area contributed by atoms with Crippen molar-refractivity contribution < 1.29 is 0 Å². The Morgan fingerprint density at radius 3 is 2.65 bits per heavy atom. The third-order valence-corrected chi connectivity index (χ3v) is 3.15. The standard InChI is InChI=1S/C14H19N3/c15-7-6-13-2-4-14(5-3-13)12-17-10-1-8-16-9-11-17/h2-5,16H,1,6,8-12H2. The SMILES string of the molecule is N#CCc1ccc(CN2CCCNCC2)cc1. The van der Waals surface area contributed by atoms with Crippen LogP contribution in [-0.2, 0) is 13.0 Å². The highest BCUT2D eigenvalue weighted by Gasteiger charge is 2.08. The number of benzene rings is 1. The summed E-state index contributed by atoms with van der Waals surface area (Å²) in [6.07, 6.45) is 1.74. The van der Waals surface area contributed by atoms with Crippen LogP contribution in [0, 0.1) is 11.3 Å². The fourth-order valence-corrected chi connectivity index (χ4v) is 2.17. The minimum absolute atomic E-state index is 0.508. The molecule has 0 amide bonds. The number of nitrogens with one attached hydrogen (secondary N) is 1. The minimum Gasteiger partial charge on any atom is -0.315 e. The molecular weight excluding hydrogens is 210 g/mol. The monoisotopic (exact) mass is 229 g/mol. The van der Waals surface area contributed by atoms with Gasteiger partial charge in [0.15, 0.2) is 0 Å². The van der Waals surface area contributed by atoms with E-state index in [1.54, 1.807) is 0 Å². The molecule has 3 nitrogen and oxygen atoms in total. The predicted octanol–water partition coefficient (Wildman–Crippen LogP) is 1.55. The zero-order valence-electron chi connectivity index (χ0n) is 10.2. The first-order chi connectivity index (χ1) is 8.38. The molecule has 0 aliphatic carbocycles. The van der Waals surface area contributed by atoms with E-state index in [-0.39, 0.29) is 0 Å². The maximum Gasteiger partial charge on any atom is 0.0669 e. The smallest absolute Gasteiger partial charge is 0.0669 e. The molecule has 1 saturated heterocycles. The van der Waals surface area contributed by atoms with E-state index in [4.69, 9.17) is 5.26 Å². The molecule has 1 aliphatic rings. The predicted molar refractivity (Wildman–Crippen MR) is 68.5 cm³/mol. The summed E-state index contributed by atoms with van der Waals surface area (Å²) in [5.41, 5.74) is 2.45. The lowest BCUT2D eigenvalue weighted by molar-refractivity contribution is 0.284. The maximum absolute atomic E-state index is 8.62. The van der Waals surface area contributed by atoms with Crippen LogP contribution in [0.4, 0.5) is 0 Å². The van der Waals surface area contributed by atoms with Gasteiger partial charge in [0.05, 0.1) is 12.5 Å². The Morgan fingerprint density at radius 1 is 1.12 bits per heavy atom. The Balaban J connectivity index is 1.91. The topological polar surface area (TPSA) is 39.1 Å². The van der Waals surface area contributed by atoms with Crippen molar-refractivity contribution >= 4 is 0 Å². The van der Waals surface area contributed by atoms with Crippen molar-refractivity contribution in [2.45, 2.75) is 19.4 Å². The summed E-state index contributed by atoms with van der Waals surface area (Å²) >= 11 is 0. The van der Waals surface area contributed by atoms with E-state index in [1.807, 2.05) is 0 Å². The van der Waals surface area contributed by atoms with E-state index >= 15 is 0 Å². The average molecular weight is 229 g/mol. The number of nitriles is 1. The summed E-state index contributed by atoms with van der Waals surface area (Å²) in [7, 11) is 0. The molecule has 0 radical (unpaired) electrons. The largest absolute Gasteiger partial charge is 0.315 e. The van der Waals surface area contributed by atoms with Crippen molar-refractivity contribution in [3.05, 3.63) is 35.4 Å². The van der Waals surface area contributed by atoms with Gasteiger partial charge < -0.3 is 5.32 Å². The molecule has 0 saturated carbocycles. The molecule has 1 aromatic carbocycles. The fraction of sp³-hybridized carbons (Fsp3) is 0.500. The van der Waals surface area contributed by atoms with E-state index in [9.17, 15) is 0 Å². The van der Waals surface area contributed by atoms with Gasteiger partial charge in [-0.25, -0.2) is 0 Å². The van der Waals surface area contributed by atoms with Gasteiger partial charge in [0.2, 0.25) is 0 Å². The summed E-state index contributed by atoms with van der Waals surface area (Å²) in [4.78, 5) is 2.49. The molecule has 0 atom stereocenters. The lowest BCUT2D eigenvalue weighted by atomic mass is 10.1. The zero-order chi connectivity index (χ0) is 11.9. The van der Waals surface area contributed by atoms with Crippen LogP contribution in [0.5, 0.6) is 0 Å². The Kier molecular flexibility index (Phi) is 4.54. The third-order valence-electron chi connectivity index (χ3n) is 3.15. The fourth-order valence-electron chi connectivity index (χ4n) is 2.17. The first kappa shape index (κ1) is 12.1. The van der Waals surface area contributed by atoms with Crippen LogP contribution >= 0.6 is 0 Å². The van der Waals surface area contributed by atoms with Crippen LogP contribution in [0.3, 0.4) is 0 Å². The van der Waals surface area contributed by atoms with Gasteiger partial charge in [0.25, 0.3) is 0 Å². The van der Waals surface area contributed by atoms with Crippen molar-refractivity contribution in [2.75, 3.05) is 26.2 Å². The summed E-state index contributed by atoms with van der Waals surface area (Å²) in [5, 5.41) is 12.0. The molecule has 0 aromatic heterocycles. The van der Waals surface area contributed by atoms with Crippen molar-refractivity contribution in [1.82, 2.24) is 10.2 Å². The Hall–Kier alpha value is -1.37. The highest BCUT2D eigenvalue weighted by molar-refractivity contribution is 5.24. The lowest BCUT2D eigenvalue weighted by Crippen LogP contribution is -2.27. The summed E-state index contributed by atoms with van der Waals surface area (Å²) in [6, 6.07) is 10.6. The molecule has 0 bridgehead atoms. The molecule has 1 heterocycles. The lowest BCUT2D eigenvalue weighted by Gasteiger charge is -2.19. The van der Waals surface area contributed by atoms with Gasteiger partial charge in [-0.2, -0.15) is 5.26 Å². The molecule has 2 rings (SSSR count). The quantitative estimate of drug-likeness (QED) is 0.854. The van der Waals surface area contributed by atoms with Crippen LogP contribution in [0.2, 0.25) is 0 Å². The highest BCUT2D eigenvalue weighted by atomic mass is 15.1. The van der Waals surface area contributed by atoms with Gasteiger partial charge in [-0.05, 0) is 30.6 Å². The molecule has 1 aliphatic heterocycles. The van der Waals surface area contributed by atoms with Gasteiger partial charge >= 0.3 is 0 Å². The van der Waals surface area contributed by atoms with Gasteiger partial charge in [-0.1, -0.05) is 24.3 Å². The summed E-state index contributed by atoms with van der Waals surface area (Å²) in [5.74, 6) is 0. The molecule has 1 fully saturated rings. The van der Waals surface area contributed by atoms with Gasteiger partial charge in [-0.15, -0.1) is 0 Å². The Morgan fingerprint density at radius 2 is 1.88 bits per heavy atom. The number of hydrogen-bond donors (Lipinski definition) is 1. The Labute approximate surface area is 103 Å². The summed E-state index contributed by atoms with van der Waals surface area (Å²) < 4.78 is 0. The van der Waals surface area contributed by atoms with Gasteiger partial charge in [0, 0.05) is 19.6 Å². The second-order valence-corrected chi connectivity index (χ2v) is 4.53. The third kappa shape index (κ3) is 3.85.